The monoisotopic (exact) mass is 434 g/mol. The van der Waals surface area contributed by atoms with Crippen LogP contribution in [0.2, 0.25) is 0 Å². The molecule has 0 bridgehead atoms. The first-order valence-corrected chi connectivity index (χ1v) is 10.3. The van der Waals surface area contributed by atoms with Crippen molar-refractivity contribution in [3.8, 4) is 5.75 Å². The van der Waals surface area contributed by atoms with Crippen molar-refractivity contribution in [1.82, 2.24) is 5.32 Å². The highest BCUT2D eigenvalue weighted by Crippen LogP contribution is 2.19. The molecule has 0 spiro atoms. The number of phenolic OH excluding ortho intramolecular Hbond substituents is 1. The Bertz CT molecular complexity index is 786. The Hall–Kier alpha value is -3.10. The van der Waals surface area contributed by atoms with Gasteiger partial charge in [0.1, 0.15) is 11.8 Å². The minimum Gasteiger partial charge on any atom is -0.508 e. The zero-order valence-corrected chi connectivity index (χ0v) is 18.5. The summed E-state index contributed by atoms with van der Waals surface area (Å²) in [7, 11) is 0. The fourth-order valence-electron chi connectivity index (χ4n) is 3.22. The topological polar surface area (TPSA) is 168 Å². The number of nitrogens with one attached hydrogen (secondary N) is 1. The molecule has 1 aromatic rings. The number of carboxylic acid groups (broad SMARTS) is 1. The van der Waals surface area contributed by atoms with E-state index in [1.54, 1.807) is 26.0 Å². The fourth-order valence-corrected chi connectivity index (χ4v) is 3.22. The fraction of sp³-hybridized carbons (Fsp3) is 0.545. The van der Waals surface area contributed by atoms with Gasteiger partial charge in [-0.25, -0.2) is 4.99 Å². The number of nitrogens with two attached hydrogens (primary N) is 2. The van der Waals surface area contributed by atoms with Gasteiger partial charge in [-0.05, 0) is 42.4 Å². The van der Waals surface area contributed by atoms with E-state index in [1.807, 2.05) is 13.8 Å². The van der Waals surface area contributed by atoms with E-state index in [-0.39, 0.29) is 42.2 Å². The van der Waals surface area contributed by atoms with E-state index in [0.29, 0.717) is 12.0 Å². The lowest BCUT2D eigenvalue weighted by Gasteiger charge is -2.24. The van der Waals surface area contributed by atoms with Crippen LogP contribution in [0.15, 0.2) is 29.3 Å². The van der Waals surface area contributed by atoms with Gasteiger partial charge in [0.25, 0.3) is 0 Å². The summed E-state index contributed by atoms with van der Waals surface area (Å²) in [6.07, 6.45) is 0.262. The highest BCUT2D eigenvalue weighted by atomic mass is 16.4. The molecule has 31 heavy (non-hydrogen) atoms. The Labute approximate surface area is 182 Å². The Morgan fingerprint density at radius 3 is 2.10 bits per heavy atom. The van der Waals surface area contributed by atoms with E-state index >= 15 is 0 Å². The molecule has 2 unspecified atom stereocenters. The van der Waals surface area contributed by atoms with Crippen LogP contribution in [0.5, 0.6) is 5.75 Å². The predicted octanol–water partition coefficient (Wildman–Crippen LogP) is 1.42. The van der Waals surface area contributed by atoms with Crippen molar-refractivity contribution >= 4 is 23.6 Å². The average Bonchev–Trinajstić information content (AvgIpc) is 2.65. The molecule has 0 heterocycles. The highest BCUT2D eigenvalue weighted by Gasteiger charge is 2.31. The summed E-state index contributed by atoms with van der Waals surface area (Å²) < 4.78 is 0. The Morgan fingerprint density at radius 2 is 1.65 bits per heavy atom. The van der Waals surface area contributed by atoms with Crippen LogP contribution in [0.4, 0.5) is 0 Å². The molecule has 0 radical (unpaired) electrons. The zero-order valence-electron chi connectivity index (χ0n) is 18.5. The third-order valence-corrected chi connectivity index (χ3v) is 4.82. The molecule has 0 aromatic heterocycles. The van der Waals surface area contributed by atoms with Crippen LogP contribution in [0.25, 0.3) is 0 Å². The van der Waals surface area contributed by atoms with Crippen molar-refractivity contribution in [2.75, 3.05) is 0 Å². The SMILES string of the molecule is CC(C)CC(NC(=O)[C@@H](N=C(N)N)C(C)C)C(=O)CC(Cc1ccc(O)cc1)C(=O)O. The first-order chi connectivity index (χ1) is 14.4. The number of Topliss-reactive ketones (excluding diaryl/α,β-unsaturated/α-hetero) is 1. The van der Waals surface area contributed by atoms with Crippen molar-refractivity contribution in [1.29, 1.82) is 0 Å². The van der Waals surface area contributed by atoms with Gasteiger partial charge in [0.15, 0.2) is 11.7 Å². The summed E-state index contributed by atoms with van der Waals surface area (Å²) >= 11 is 0. The number of ketones is 1. The maximum absolute atomic E-state index is 13.0. The number of carbonyl (C=O) groups excluding carboxylic acids is 2. The van der Waals surface area contributed by atoms with Crippen molar-refractivity contribution in [2.45, 2.75) is 59.0 Å². The molecule has 7 N–H and O–H groups in total. The average molecular weight is 435 g/mol. The number of carboxylic acids is 1. The van der Waals surface area contributed by atoms with E-state index in [1.165, 1.54) is 12.1 Å². The number of aliphatic imine (C=N–C) groups is 1. The number of hydrogen-bond acceptors (Lipinski definition) is 5. The summed E-state index contributed by atoms with van der Waals surface area (Å²) in [6, 6.07) is 4.47. The second kappa shape index (κ2) is 11.9. The number of carbonyl (C=O) groups is 3. The molecule has 1 amide bonds. The smallest absolute Gasteiger partial charge is 0.307 e. The summed E-state index contributed by atoms with van der Waals surface area (Å²) in [5.41, 5.74) is 11.5. The number of benzene rings is 1. The molecule has 1 rings (SSSR count). The van der Waals surface area contributed by atoms with Crippen molar-refractivity contribution in [3.63, 3.8) is 0 Å². The van der Waals surface area contributed by atoms with Crippen molar-refractivity contribution < 1.29 is 24.6 Å². The minimum atomic E-state index is -1.10. The van der Waals surface area contributed by atoms with Gasteiger partial charge in [-0.3, -0.25) is 14.4 Å². The van der Waals surface area contributed by atoms with Crippen LogP contribution in [0.1, 0.15) is 46.1 Å². The van der Waals surface area contributed by atoms with Crippen LogP contribution < -0.4 is 16.8 Å². The Balaban J connectivity index is 2.98. The van der Waals surface area contributed by atoms with Crippen LogP contribution in [0.3, 0.4) is 0 Å². The molecule has 9 heteroatoms. The molecule has 0 aliphatic rings. The van der Waals surface area contributed by atoms with Gasteiger partial charge in [0.2, 0.25) is 5.91 Å². The molecule has 0 fully saturated rings. The first kappa shape index (κ1) is 25.9. The van der Waals surface area contributed by atoms with Crippen molar-refractivity contribution in [3.05, 3.63) is 29.8 Å². The number of amides is 1. The predicted molar refractivity (Wildman–Crippen MR) is 118 cm³/mol. The van der Waals surface area contributed by atoms with Crippen LogP contribution >= 0.6 is 0 Å². The van der Waals surface area contributed by atoms with E-state index in [4.69, 9.17) is 11.5 Å². The number of guanidine groups is 1. The lowest BCUT2D eigenvalue weighted by Crippen LogP contribution is -2.48. The number of aromatic hydroxyl groups is 1. The molecular formula is C22H34N4O5. The lowest BCUT2D eigenvalue weighted by atomic mass is 9.89. The van der Waals surface area contributed by atoms with Gasteiger partial charge in [-0.15, -0.1) is 0 Å². The van der Waals surface area contributed by atoms with E-state index < -0.39 is 29.9 Å². The molecule has 3 atom stereocenters. The van der Waals surface area contributed by atoms with Gasteiger partial charge < -0.3 is 27.0 Å². The molecule has 172 valence electrons. The van der Waals surface area contributed by atoms with Gasteiger partial charge in [0, 0.05) is 6.42 Å². The van der Waals surface area contributed by atoms with E-state index in [0.717, 1.165) is 0 Å². The molecule has 0 aliphatic heterocycles. The number of phenols is 1. The van der Waals surface area contributed by atoms with Crippen molar-refractivity contribution in [2.24, 2.45) is 34.2 Å². The number of hydrogen-bond donors (Lipinski definition) is 5. The molecule has 0 aliphatic carbocycles. The Kier molecular flexibility index (Phi) is 9.98. The van der Waals surface area contributed by atoms with Crippen LogP contribution in [-0.2, 0) is 20.8 Å². The third-order valence-electron chi connectivity index (χ3n) is 4.82. The summed E-state index contributed by atoms with van der Waals surface area (Å²) in [6.45, 7) is 7.39. The van der Waals surface area contributed by atoms with Crippen LogP contribution in [-0.4, -0.2) is 45.9 Å². The van der Waals surface area contributed by atoms with E-state index in [9.17, 15) is 24.6 Å². The lowest BCUT2D eigenvalue weighted by molar-refractivity contribution is -0.144. The minimum absolute atomic E-state index is 0.0758. The maximum Gasteiger partial charge on any atom is 0.307 e. The molecular weight excluding hydrogens is 400 g/mol. The second-order valence-electron chi connectivity index (χ2n) is 8.51. The highest BCUT2D eigenvalue weighted by molar-refractivity contribution is 5.93. The third kappa shape index (κ3) is 9.06. The maximum atomic E-state index is 13.0. The summed E-state index contributed by atoms with van der Waals surface area (Å²) in [5.74, 6) is -3.15. The number of aliphatic carboxylic acids is 1. The van der Waals surface area contributed by atoms with E-state index in [2.05, 4.69) is 10.3 Å². The van der Waals surface area contributed by atoms with Crippen LogP contribution in [0, 0.1) is 17.8 Å². The largest absolute Gasteiger partial charge is 0.508 e. The number of nitrogens with zero attached hydrogens (tertiary/aromatic N) is 1. The molecule has 1 aromatic carbocycles. The standard InChI is InChI=1S/C22H34N4O5/c1-12(2)9-17(25-20(29)19(13(3)4)26-22(23)24)18(28)11-15(21(30)31)10-14-5-7-16(27)8-6-14/h5-8,12-13,15,17,19,27H,9-11H2,1-4H3,(H,25,29)(H,30,31)(H4,23,24,26)/t15?,17?,19-/m0/s1. The quantitative estimate of drug-likeness (QED) is 0.245. The van der Waals surface area contributed by atoms with Gasteiger partial charge in [-0.1, -0.05) is 39.8 Å². The Morgan fingerprint density at radius 1 is 1.06 bits per heavy atom. The molecule has 9 nitrogen and oxygen atoms in total. The molecule has 0 saturated carbocycles. The number of rotatable bonds is 12. The van der Waals surface area contributed by atoms with Gasteiger partial charge >= 0.3 is 5.97 Å². The normalized spacial score (nSPS) is 14.0. The summed E-state index contributed by atoms with van der Waals surface area (Å²) in [5, 5.41) is 21.7. The second-order valence-corrected chi connectivity index (χ2v) is 8.51. The molecule has 0 saturated heterocycles. The zero-order chi connectivity index (χ0) is 23.7. The first-order valence-electron chi connectivity index (χ1n) is 10.3. The van der Waals surface area contributed by atoms with Gasteiger partial charge in [0.05, 0.1) is 12.0 Å². The van der Waals surface area contributed by atoms with Gasteiger partial charge in [-0.2, -0.15) is 0 Å². The summed E-state index contributed by atoms with van der Waals surface area (Å²) in [4.78, 5) is 41.4.